The van der Waals surface area contributed by atoms with Gasteiger partial charge in [0, 0.05) is 17.7 Å². The maximum absolute atomic E-state index is 11.6. The summed E-state index contributed by atoms with van der Waals surface area (Å²) in [7, 11) is -1.98. The van der Waals surface area contributed by atoms with Crippen LogP contribution in [0.2, 0.25) is 0 Å². The fourth-order valence-electron chi connectivity index (χ4n) is 2.29. The molecule has 0 saturated carbocycles. The van der Waals surface area contributed by atoms with E-state index >= 15 is 0 Å². The third-order valence-corrected chi connectivity index (χ3v) is 4.16. The lowest BCUT2D eigenvalue weighted by Gasteiger charge is -2.15. The Labute approximate surface area is 118 Å². The summed E-state index contributed by atoms with van der Waals surface area (Å²) < 4.78 is 22.1. The van der Waals surface area contributed by atoms with Gasteiger partial charge < -0.3 is 0 Å². The van der Waals surface area contributed by atoms with Crippen molar-refractivity contribution in [3.63, 3.8) is 0 Å². The lowest BCUT2D eigenvalue weighted by Crippen LogP contribution is -2.24. The summed E-state index contributed by atoms with van der Waals surface area (Å²) in [6.07, 6.45) is 12.3. The van der Waals surface area contributed by atoms with Crippen molar-refractivity contribution in [3.05, 3.63) is 0 Å². The summed E-state index contributed by atoms with van der Waals surface area (Å²) >= 11 is 0. The van der Waals surface area contributed by atoms with Crippen molar-refractivity contribution >= 4 is 8.25 Å². The van der Waals surface area contributed by atoms with E-state index in [-0.39, 0.29) is 0 Å². The average molecular weight is 290 g/mol. The zero-order valence-electron chi connectivity index (χ0n) is 12.3. The van der Waals surface area contributed by atoms with Gasteiger partial charge in [-0.2, -0.15) is 0 Å². The van der Waals surface area contributed by atoms with Crippen LogP contribution in [0, 0.1) is 0 Å². The second-order valence-corrected chi connectivity index (χ2v) is 6.12. The van der Waals surface area contributed by atoms with Crippen LogP contribution in [-0.4, -0.2) is 24.8 Å². The Morgan fingerprint density at radius 1 is 0.895 bits per heavy atom. The lowest BCUT2D eigenvalue weighted by atomic mass is 10.1. The van der Waals surface area contributed by atoms with Gasteiger partial charge in [0.05, 0.1) is 0 Å². The molecule has 0 N–H and O–H groups in total. The Bertz CT molecular complexity index is 227. The third-order valence-electron chi connectivity index (χ3n) is 3.40. The van der Waals surface area contributed by atoms with Gasteiger partial charge >= 0.3 is 8.25 Å². The van der Waals surface area contributed by atoms with Crippen LogP contribution in [0.5, 0.6) is 0 Å². The summed E-state index contributed by atoms with van der Waals surface area (Å²) in [4.78, 5) is 0. The van der Waals surface area contributed by atoms with Crippen molar-refractivity contribution in [3.8, 4) is 0 Å². The first-order valence-corrected chi connectivity index (χ1v) is 8.95. The van der Waals surface area contributed by atoms with E-state index in [0.717, 1.165) is 32.4 Å². The van der Waals surface area contributed by atoms with Gasteiger partial charge in [0.15, 0.2) is 0 Å². The van der Waals surface area contributed by atoms with Crippen molar-refractivity contribution in [1.82, 2.24) is 5.06 Å². The number of hydrogen-bond acceptors (Lipinski definition) is 4. The topological polar surface area (TPSA) is 38.8 Å². The minimum Gasteiger partial charge on any atom is -0.136 e. The fourth-order valence-corrected chi connectivity index (χ4v) is 3.02. The Hall–Kier alpha value is -0.0200. The van der Waals surface area contributed by atoms with E-state index in [9.17, 15) is 4.57 Å². The van der Waals surface area contributed by atoms with Crippen molar-refractivity contribution < 1.29 is 13.7 Å². The van der Waals surface area contributed by atoms with Crippen LogP contribution >= 0.6 is 8.25 Å². The smallest absolute Gasteiger partial charge is 0.136 e. The second kappa shape index (κ2) is 11.8. The van der Waals surface area contributed by atoms with Crippen molar-refractivity contribution in [2.75, 3.05) is 19.7 Å². The molecule has 0 aromatic carbocycles. The Balaban J connectivity index is 2.27. The van der Waals surface area contributed by atoms with Crippen molar-refractivity contribution in [2.45, 2.75) is 71.1 Å². The van der Waals surface area contributed by atoms with Gasteiger partial charge in [-0.05, 0) is 23.9 Å². The van der Waals surface area contributed by atoms with Gasteiger partial charge in [0.25, 0.3) is 0 Å². The van der Waals surface area contributed by atoms with Crippen LogP contribution < -0.4 is 0 Å². The molecule has 1 aliphatic heterocycles. The molecule has 0 aromatic heterocycles. The summed E-state index contributed by atoms with van der Waals surface area (Å²) in [6, 6.07) is 0. The van der Waals surface area contributed by atoms with Gasteiger partial charge in [-0.3, -0.25) is 0 Å². The quantitative estimate of drug-likeness (QED) is 0.680. The van der Waals surface area contributed by atoms with Gasteiger partial charge in [-0.1, -0.05) is 51.9 Å². The van der Waals surface area contributed by atoms with E-state index in [1.54, 1.807) is 0 Å². The summed E-state index contributed by atoms with van der Waals surface area (Å²) in [6.45, 7) is 4.25. The van der Waals surface area contributed by atoms with E-state index in [0.29, 0.717) is 6.61 Å². The molecule has 112 valence electrons. The highest BCUT2D eigenvalue weighted by Crippen LogP contribution is 2.26. The molecule has 5 heteroatoms. The van der Waals surface area contributed by atoms with Gasteiger partial charge in [-0.25, -0.2) is 0 Å². The minimum atomic E-state index is -1.98. The molecule has 0 aromatic rings. The second-order valence-electron chi connectivity index (χ2n) is 5.25. The molecule has 1 saturated heterocycles. The van der Waals surface area contributed by atoms with Crippen LogP contribution in [0.4, 0.5) is 0 Å². The average Bonchev–Trinajstić information content (AvgIpc) is 2.39. The van der Waals surface area contributed by atoms with E-state index in [2.05, 4.69) is 0 Å². The normalized spacial score (nSPS) is 21.4. The van der Waals surface area contributed by atoms with E-state index < -0.39 is 8.25 Å². The van der Waals surface area contributed by atoms with Crippen molar-refractivity contribution in [1.29, 1.82) is 0 Å². The summed E-state index contributed by atoms with van der Waals surface area (Å²) in [5, 5.41) is 1.86. The zero-order chi connectivity index (χ0) is 13.8. The standard InChI is InChI=1S/C14H29NO3P/c1-2-14-17-19(16)18-15-12-10-8-6-4-3-5-7-9-11-13-15/h2-14H2,1H3/q+1. The molecule has 19 heavy (non-hydrogen) atoms. The van der Waals surface area contributed by atoms with Gasteiger partial charge in [-0.15, -0.1) is 9.59 Å². The molecular weight excluding hydrogens is 261 g/mol. The van der Waals surface area contributed by atoms with Gasteiger partial charge in [0.1, 0.15) is 6.61 Å². The summed E-state index contributed by atoms with van der Waals surface area (Å²) in [5.74, 6) is 0. The molecule has 1 heterocycles. The van der Waals surface area contributed by atoms with Crippen molar-refractivity contribution in [2.24, 2.45) is 0 Å². The predicted molar refractivity (Wildman–Crippen MR) is 78.1 cm³/mol. The Morgan fingerprint density at radius 2 is 1.37 bits per heavy atom. The van der Waals surface area contributed by atoms with Crippen LogP contribution in [0.1, 0.15) is 71.1 Å². The molecule has 0 bridgehead atoms. The molecule has 4 nitrogen and oxygen atoms in total. The summed E-state index contributed by atoms with van der Waals surface area (Å²) in [5.41, 5.74) is 0. The molecule has 1 rings (SSSR count). The first-order chi connectivity index (χ1) is 9.33. The van der Waals surface area contributed by atoms with E-state index in [1.807, 2.05) is 12.0 Å². The highest BCUT2D eigenvalue weighted by molar-refractivity contribution is 7.33. The largest absolute Gasteiger partial charge is 0.716 e. The van der Waals surface area contributed by atoms with Crippen LogP contribution in [-0.2, 0) is 13.7 Å². The van der Waals surface area contributed by atoms with E-state index in [1.165, 1.54) is 44.9 Å². The zero-order valence-corrected chi connectivity index (χ0v) is 13.2. The van der Waals surface area contributed by atoms with Gasteiger partial charge in [0.2, 0.25) is 0 Å². The molecule has 1 unspecified atom stereocenters. The Morgan fingerprint density at radius 3 is 1.84 bits per heavy atom. The van der Waals surface area contributed by atoms with Crippen LogP contribution in [0.25, 0.3) is 0 Å². The minimum absolute atomic E-state index is 0.503. The number of hydroxylamine groups is 2. The molecular formula is C14H29NO3P+. The maximum Gasteiger partial charge on any atom is 0.716 e. The number of hydrogen-bond donors (Lipinski definition) is 0. The third kappa shape index (κ3) is 9.50. The number of nitrogens with zero attached hydrogens (tertiary/aromatic N) is 1. The molecule has 1 aliphatic rings. The molecule has 1 atom stereocenters. The molecule has 0 aliphatic carbocycles. The molecule has 0 amide bonds. The molecule has 1 fully saturated rings. The van der Waals surface area contributed by atoms with E-state index in [4.69, 9.17) is 9.15 Å². The van der Waals surface area contributed by atoms with Crippen LogP contribution in [0.3, 0.4) is 0 Å². The van der Waals surface area contributed by atoms with Crippen LogP contribution in [0.15, 0.2) is 0 Å². The first-order valence-electron chi connectivity index (χ1n) is 7.86. The lowest BCUT2D eigenvalue weighted by molar-refractivity contribution is -0.0663. The molecule has 0 spiro atoms. The highest BCUT2D eigenvalue weighted by Gasteiger charge is 2.25. The maximum atomic E-state index is 11.6. The highest BCUT2D eigenvalue weighted by atomic mass is 31.1. The predicted octanol–water partition coefficient (Wildman–Crippen LogP) is 4.83. The molecule has 0 radical (unpaired) electrons. The first kappa shape index (κ1) is 17.0. The SMILES string of the molecule is CCCO[P+](=O)ON1CCCCCCCCCCC1. The monoisotopic (exact) mass is 290 g/mol. The fraction of sp³-hybridized carbons (Fsp3) is 1.00. The Kier molecular flexibility index (Phi) is 10.6. The number of rotatable bonds is 5.